The van der Waals surface area contributed by atoms with E-state index in [2.05, 4.69) is 48.2 Å². The average molecular weight is 400 g/mol. The molecule has 0 aliphatic rings. The van der Waals surface area contributed by atoms with Crippen molar-refractivity contribution in [3.05, 3.63) is 56.7 Å². The van der Waals surface area contributed by atoms with E-state index in [0.717, 1.165) is 39.0 Å². The fourth-order valence-corrected chi connectivity index (χ4v) is 3.31. The molecule has 2 aromatic rings. The van der Waals surface area contributed by atoms with Gasteiger partial charge in [0.15, 0.2) is 0 Å². The van der Waals surface area contributed by atoms with Gasteiger partial charge >= 0.3 is 0 Å². The average Bonchev–Trinajstić information content (AvgIpc) is 2.43. The lowest BCUT2D eigenvalue weighted by atomic mass is 10.2. The molecule has 0 saturated carbocycles. The van der Waals surface area contributed by atoms with Crippen LogP contribution in [0.4, 0.5) is 0 Å². The highest BCUT2D eigenvalue weighted by molar-refractivity contribution is 9.11. The van der Waals surface area contributed by atoms with Crippen molar-refractivity contribution >= 4 is 31.9 Å². The van der Waals surface area contributed by atoms with Crippen molar-refractivity contribution in [3.8, 4) is 5.75 Å². The Bertz CT molecular complexity index is 561. The lowest BCUT2D eigenvalue weighted by Crippen LogP contribution is -2.14. The van der Waals surface area contributed by atoms with Crippen LogP contribution in [0.25, 0.3) is 0 Å². The Morgan fingerprint density at radius 3 is 2.75 bits per heavy atom. The van der Waals surface area contributed by atoms with Gasteiger partial charge in [-0.3, -0.25) is 4.98 Å². The zero-order valence-corrected chi connectivity index (χ0v) is 14.4. The Hall–Kier alpha value is -0.910. The van der Waals surface area contributed by atoms with E-state index in [0.29, 0.717) is 6.61 Å². The Morgan fingerprint density at radius 1 is 1.20 bits per heavy atom. The summed E-state index contributed by atoms with van der Waals surface area (Å²) in [6.45, 7) is 4.09. The molecule has 0 amide bonds. The molecule has 3 nitrogen and oxygen atoms in total. The van der Waals surface area contributed by atoms with E-state index >= 15 is 0 Å². The van der Waals surface area contributed by atoms with E-state index in [1.54, 1.807) is 6.20 Å². The van der Waals surface area contributed by atoms with Crippen LogP contribution in [0.15, 0.2) is 45.5 Å². The first kappa shape index (κ1) is 15.5. The van der Waals surface area contributed by atoms with Gasteiger partial charge in [-0.2, -0.15) is 0 Å². The Kier molecular flexibility index (Phi) is 6.01. The normalized spacial score (nSPS) is 10.6. The minimum absolute atomic E-state index is 0.646. The second-order valence-electron chi connectivity index (χ2n) is 4.23. The third kappa shape index (κ3) is 4.30. The lowest BCUT2D eigenvalue weighted by molar-refractivity contribution is 0.333. The van der Waals surface area contributed by atoms with Crippen LogP contribution in [-0.2, 0) is 13.1 Å². The number of rotatable bonds is 6. The second-order valence-corrected chi connectivity index (χ2v) is 6.00. The third-order valence-corrected chi connectivity index (χ3v) is 3.77. The minimum Gasteiger partial charge on any atom is -0.492 e. The maximum absolute atomic E-state index is 5.70. The first-order chi connectivity index (χ1) is 9.70. The fourth-order valence-electron chi connectivity index (χ4n) is 1.88. The summed E-state index contributed by atoms with van der Waals surface area (Å²) >= 11 is 7.05. The van der Waals surface area contributed by atoms with Gasteiger partial charge in [0.1, 0.15) is 5.75 Å². The summed E-state index contributed by atoms with van der Waals surface area (Å²) in [6.07, 6.45) is 1.80. The number of nitrogens with zero attached hydrogens (tertiary/aromatic N) is 1. The molecule has 1 aromatic heterocycles. The summed E-state index contributed by atoms with van der Waals surface area (Å²) in [5.41, 5.74) is 2.14. The fraction of sp³-hybridized carbons (Fsp3) is 0.267. The summed E-state index contributed by atoms with van der Waals surface area (Å²) in [5, 5.41) is 3.39. The number of hydrogen-bond donors (Lipinski definition) is 1. The van der Waals surface area contributed by atoms with Gasteiger partial charge in [0.05, 0.1) is 16.8 Å². The van der Waals surface area contributed by atoms with Crippen LogP contribution in [0.5, 0.6) is 5.75 Å². The van der Waals surface area contributed by atoms with E-state index in [1.165, 1.54) is 0 Å². The zero-order valence-electron chi connectivity index (χ0n) is 11.2. The molecule has 20 heavy (non-hydrogen) atoms. The second kappa shape index (κ2) is 7.76. The molecule has 0 unspecified atom stereocenters. The highest BCUT2D eigenvalue weighted by Gasteiger charge is 2.09. The molecular weight excluding hydrogens is 384 g/mol. The number of pyridine rings is 1. The quantitative estimate of drug-likeness (QED) is 0.786. The SMILES string of the molecule is CCOc1c(Br)cc(Br)cc1CNCc1ccccn1. The van der Waals surface area contributed by atoms with Crippen molar-refractivity contribution in [2.24, 2.45) is 0 Å². The molecule has 0 aliphatic carbocycles. The molecule has 0 bridgehead atoms. The molecular formula is C15H16Br2N2O. The van der Waals surface area contributed by atoms with Crippen LogP contribution in [0.2, 0.25) is 0 Å². The molecule has 0 saturated heterocycles. The van der Waals surface area contributed by atoms with Crippen LogP contribution in [-0.4, -0.2) is 11.6 Å². The minimum atomic E-state index is 0.646. The van der Waals surface area contributed by atoms with Crippen molar-refractivity contribution in [2.75, 3.05) is 6.61 Å². The Labute approximate surface area is 136 Å². The van der Waals surface area contributed by atoms with Gasteiger partial charge in [-0.1, -0.05) is 22.0 Å². The molecule has 1 aromatic carbocycles. The van der Waals surface area contributed by atoms with Gasteiger partial charge < -0.3 is 10.1 Å². The molecule has 0 aliphatic heterocycles. The zero-order chi connectivity index (χ0) is 14.4. The first-order valence-electron chi connectivity index (χ1n) is 6.42. The van der Waals surface area contributed by atoms with E-state index < -0.39 is 0 Å². The Morgan fingerprint density at radius 2 is 2.05 bits per heavy atom. The van der Waals surface area contributed by atoms with E-state index in [1.807, 2.05) is 31.2 Å². The highest BCUT2D eigenvalue weighted by Crippen LogP contribution is 2.32. The van der Waals surface area contributed by atoms with Crippen LogP contribution in [0.3, 0.4) is 0 Å². The third-order valence-electron chi connectivity index (χ3n) is 2.72. The van der Waals surface area contributed by atoms with Gasteiger partial charge in [-0.25, -0.2) is 0 Å². The molecule has 0 atom stereocenters. The standard InChI is InChI=1S/C15H16Br2N2O/c1-2-20-15-11(7-12(16)8-14(15)17)9-18-10-13-5-3-4-6-19-13/h3-8,18H,2,9-10H2,1H3. The predicted molar refractivity (Wildman–Crippen MR) is 87.8 cm³/mol. The molecule has 0 spiro atoms. The largest absolute Gasteiger partial charge is 0.492 e. The molecule has 2 rings (SSSR count). The maximum atomic E-state index is 5.70. The topological polar surface area (TPSA) is 34.1 Å². The molecule has 1 heterocycles. The molecule has 1 N–H and O–H groups in total. The van der Waals surface area contributed by atoms with Gasteiger partial charge in [-0.15, -0.1) is 0 Å². The summed E-state index contributed by atoms with van der Waals surface area (Å²) in [4.78, 5) is 4.29. The van der Waals surface area contributed by atoms with Gasteiger partial charge in [-0.05, 0) is 47.1 Å². The number of aromatic nitrogens is 1. The van der Waals surface area contributed by atoms with Crippen molar-refractivity contribution in [2.45, 2.75) is 20.0 Å². The molecule has 0 fully saturated rings. The lowest BCUT2D eigenvalue weighted by Gasteiger charge is -2.13. The van der Waals surface area contributed by atoms with Crippen molar-refractivity contribution in [1.82, 2.24) is 10.3 Å². The van der Waals surface area contributed by atoms with Gasteiger partial charge in [0, 0.05) is 29.3 Å². The molecule has 5 heteroatoms. The summed E-state index contributed by atoms with van der Waals surface area (Å²) in [6, 6.07) is 9.98. The monoisotopic (exact) mass is 398 g/mol. The van der Waals surface area contributed by atoms with E-state index in [-0.39, 0.29) is 0 Å². The molecule has 0 radical (unpaired) electrons. The number of nitrogens with one attached hydrogen (secondary N) is 1. The summed E-state index contributed by atoms with van der Waals surface area (Å²) < 4.78 is 7.69. The van der Waals surface area contributed by atoms with Crippen LogP contribution < -0.4 is 10.1 Å². The van der Waals surface area contributed by atoms with Crippen LogP contribution >= 0.6 is 31.9 Å². The Balaban J connectivity index is 2.05. The van der Waals surface area contributed by atoms with E-state index in [9.17, 15) is 0 Å². The molecule has 106 valence electrons. The smallest absolute Gasteiger partial charge is 0.138 e. The van der Waals surface area contributed by atoms with E-state index in [4.69, 9.17) is 4.74 Å². The first-order valence-corrected chi connectivity index (χ1v) is 8.00. The number of ether oxygens (including phenoxy) is 1. The number of hydrogen-bond acceptors (Lipinski definition) is 3. The summed E-state index contributed by atoms with van der Waals surface area (Å²) in [7, 11) is 0. The number of halogens is 2. The predicted octanol–water partition coefficient (Wildman–Crippen LogP) is 4.30. The van der Waals surface area contributed by atoms with Gasteiger partial charge in [0.25, 0.3) is 0 Å². The van der Waals surface area contributed by atoms with Crippen LogP contribution in [0, 0.1) is 0 Å². The van der Waals surface area contributed by atoms with Crippen molar-refractivity contribution in [1.29, 1.82) is 0 Å². The number of benzene rings is 1. The van der Waals surface area contributed by atoms with Gasteiger partial charge in [0.2, 0.25) is 0 Å². The summed E-state index contributed by atoms with van der Waals surface area (Å²) in [5.74, 6) is 0.893. The van der Waals surface area contributed by atoms with Crippen molar-refractivity contribution in [3.63, 3.8) is 0 Å². The maximum Gasteiger partial charge on any atom is 0.138 e. The van der Waals surface area contributed by atoms with Crippen molar-refractivity contribution < 1.29 is 4.74 Å². The highest BCUT2D eigenvalue weighted by atomic mass is 79.9. The van der Waals surface area contributed by atoms with Crippen LogP contribution in [0.1, 0.15) is 18.2 Å².